The van der Waals surface area contributed by atoms with Crippen LogP contribution in [0.25, 0.3) is 0 Å². The molecule has 1 aromatic rings. The third-order valence-electron chi connectivity index (χ3n) is 4.78. The number of hydrogen-bond acceptors (Lipinski definition) is 3. The van der Waals surface area contributed by atoms with E-state index in [0.717, 1.165) is 39.1 Å². The minimum absolute atomic E-state index is 0.211. The fraction of sp³-hybridized carbons (Fsp3) is 0.500. The Bertz CT molecular complexity index is 521. The van der Waals surface area contributed by atoms with Gasteiger partial charge in [-0.05, 0) is 18.4 Å². The van der Waals surface area contributed by atoms with Crippen LogP contribution >= 0.6 is 0 Å². The molecule has 0 radical (unpaired) electrons. The van der Waals surface area contributed by atoms with E-state index in [0.29, 0.717) is 12.5 Å². The lowest BCUT2D eigenvalue weighted by Gasteiger charge is -2.40. The van der Waals surface area contributed by atoms with E-state index in [2.05, 4.69) is 46.2 Å². The third-order valence-corrected chi connectivity index (χ3v) is 4.78. The Balaban J connectivity index is 1.50. The molecule has 0 unspecified atom stereocenters. The zero-order chi connectivity index (χ0) is 15.4. The number of rotatable bonds is 4. The Morgan fingerprint density at radius 2 is 1.86 bits per heavy atom. The van der Waals surface area contributed by atoms with E-state index in [1.165, 1.54) is 5.56 Å². The maximum Gasteiger partial charge on any atom is 0.306 e. The molecule has 0 saturated carbocycles. The van der Waals surface area contributed by atoms with Crippen LogP contribution in [0.2, 0.25) is 0 Å². The first kappa shape index (κ1) is 15.3. The van der Waals surface area contributed by atoms with Gasteiger partial charge in [0.1, 0.15) is 0 Å². The van der Waals surface area contributed by atoms with E-state index in [1.54, 1.807) is 0 Å². The summed E-state index contributed by atoms with van der Waals surface area (Å²) in [6.07, 6.45) is 5.68. The van der Waals surface area contributed by atoms with Crippen molar-refractivity contribution in [2.75, 3.05) is 26.2 Å². The average Bonchev–Trinajstić information content (AvgIpc) is 2.56. The largest absolute Gasteiger partial charge is 0.481 e. The van der Waals surface area contributed by atoms with Gasteiger partial charge in [0.05, 0.1) is 5.92 Å². The van der Waals surface area contributed by atoms with Gasteiger partial charge < -0.3 is 5.11 Å². The fourth-order valence-electron chi connectivity index (χ4n) is 3.43. The lowest BCUT2D eigenvalue weighted by molar-refractivity contribution is -0.142. The van der Waals surface area contributed by atoms with Gasteiger partial charge in [-0.15, -0.1) is 0 Å². The second kappa shape index (κ2) is 7.07. The Hall–Kier alpha value is -1.65. The molecular formula is C18H24N2O2. The molecule has 1 aliphatic carbocycles. The fourth-order valence-corrected chi connectivity index (χ4v) is 3.43. The minimum Gasteiger partial charge on any atom is -0.481 e. The third kappa shape index (κ3) is 3.76. The van der Waals surface area contributed by atoms with Gasteiger partial charge in [0.25, 0.3) is 0 Å². The van der Waals surface area contributed by atoms with Crippen LogP contribution in [0.1, 0.15) is 18.4 Å². The molecule has 0 spiro atoms. The average molecular weight is 300 g/mol. The number of allylic oxidation sites excluding steroid dienone is 1. The summed E-state index contributed by atoms with van der Waals surface area (Å²) in [6.45, 7) is 5.16. The molecule has 1 aliphatic heterocycles. The first-order valence-corrected chi connectivity index (χ1v) is 8.12. The van der Waals surface area contributed by atoms with Crippen LogP contribution in [0, 0.1) is 5.92 Å². The number of piperazine rings is 1. The van der Waals surface area contributed by atoms with Gasteiger partial charge in [-0.2, -0.15) is 0 Å². The van der Waals surface area contributed by atoms with Crippen molar-refractivity contribution in [3.63, 3.8) is 0 Å². The summed E-state index contributed by atoms with van der Waals surface area (Å²) in [4.78, 5) is 16.1. The number of nitrogens with zero attached hydrogens (tertiary/aromatic N) is 2. The Kier molecular flexibility index (Phi) is 4.90. The normalized spacial score (nSPS) is 26.9. The number of carbonyl (C=O) groups is 1. The smallest absolute Gasteiger partial charge is 0.306 e. The molecule has 118 valence electrons. The van der Waals surface area contributed by atoms with Crippen molar-refractivity contribution in [2.24, 2.45) is 5.92 Å². The van der Waals surface area contributed by atoms with Crippen molar-refractivity contribution >= 4 is 5.97 Å². The summed E-state index contributed by atoms with van der Waals surface area (Å²) in [5.74, 6) is -0.866. The van der Waals surface area contributed by atoms with Crippen LogP contribution < -0.4 is 0 Å². The summed E-state index contributed by atoms with van der Waals surface area (Å²) in [6, 6.07) is 10.9. The maximum atomic E-state index is 11.2. The topological polar surface area (TPSA) is 43.8 Å². The van der Waals surface area contributed by atoms with Gasteiger partial charge in [0.15, 0.2) is 0 Å². The van der Waals surface area contributed by atoms with Crippen LogP contribution in [0.3, 0.4) is 0 Å². The number of hydrogen-bond donors (Lipinski definition) is 1. The van der Waals surface area contributed by atoms with E-state index in [-0.39, 0.29) is 5.92 Å². The molecule has 2 atom stereocenters. The lowest BCUT2D eigenvalue weighted by atomic mass is 9.90. The van der Waals surface area contributed by atoms with Crippen LogP contribution in [0.4, 0.5) is 0 Å². The highest BCUT2D eigenvalue weighted by Gasteiger charge is 2.29. The van der Waals surface area contributed by atoms with Gasteiger partial charge in [-0.3, -0.25) is 14.6 Å². The second-order valence-corrected chi connectivity index (χ2v) is 6.30. The quantitative estimate of drug-likeness (QED) is 0.866. The SMILES string of the molecule is O=C(O)[C@H]1CC=C[C@H](N2CCN(Cc3ccccc3)CC2)C1. The standard InChI is InChI=1S/C18H24N2O2/c21-18(22)16-7-4-8-17(13-16)20-11-9-19(10-12-20)14-15-5-2-1-3-6-15/h1-6,8,16-17H,7,9-14H2,(H,21,22)/t16-,17-/m0/s1. The zero-order valence-electron chi connectivity index (χ0n) is 12.9. The Morgan fingerprint density at radius 3 is 2.55 bits per heavy atom. The highest BCUT2D eigenvalue weighted by molar-refractivity contribution is 5.70. The molecule has 4 nitrogen and oxygen atoms in total. The predicted molar refractivity (Wildman–Crippen MR) is 86.6 cm³/mol. The van der Waals surface area contributed by atoms with Crippen LogP contribution in [0.15, 0.2) is 42.5 Å². The highest BCUT2D eigenvalue weighted by atomic mass is 16.4. The summed E-state index contributed by atoms with van der Waals surface area (Å²) in [7, 11) is 0. The number of benzene rings is 1. The van der Waals surface area contributed by atoms with Crippen molar-refractivity contribution in [3.05, 3.63) is 48.0 Å². The lowest BCUT2D eigenvalue weighted by Crippen LogP contribution is -2.50. The molecular weight excluding hydrogens is 276 g/mol. The monoisotopic (exact) mass is 300 g/mol. The summed E-state index contributed by atoms with van der Waals surface area (Å²) in [5.41, 5.74) is 1.36. The van der Waals surface area contributed by atoms with Crippen LogP contribution in [0.5, 0.6) is 0 Å². The summed E-state index contributed by atoms with van der Waals surface area (Å²) < 4.78 is 0. The molecule has 1 saturated heterocycles. The molecule has 1 heterocycles. The molecule has 0 bridgehead atoms. The molecule has 3 rings (SSSR count). The molecule has 1 aromatic carbocycles. The van der Waals surface area contributed by atoms with Gasteiger partial charge >= 0.3 is 5.97 Å². The van der Waals surface area contributed by atoms with Crippen molar-refractivity contribution in [2.45, 2.75) is 25.4 Å². The summed E-state index contributed by atoms with van der Waals surface area (Å²) >= 11 is 0. The van der Waals surface area contributed by atoms with Gasteiger partial charge in [-0.1, -0.05) is 42.5 Å². The van der Waals surface area contributed by atoms with E-state index < -0.39 is 5.97 Å². The Morgan fingerprint density at radius 1 is 1.14 bits per heavy atom. The minimum atomic E-state index is -0.655. The van der Waals surface area contributed by atoms with E-state index in [4.69, 9.17) is 0 Å². The van der Waals surface area contributed by atoms with E-state index in [9.17, 15) is 9.90 Å². The van der Waals surface area contributed by atoms with Gasteiger partial charge in [0.2, 0.25) is 0 Å². The molecule has 22 heavy (non-hydrogen) atoms. The van der Waals surface area contributed by atoms with Gasteiger partial charge in [0, 0.05) is 38.8 Å². The van der Waals surface area contributed by atoms with Crippen molar-refractivity contribution in [1.29, 1.82) is 0 Å². The van der Waals surface area contributed by atoms with Crippen molar-refractivity contribution in [3.8, 4) is 0 Å². The number of aliphatic carboxylic acids is 1. The predicted octanol–water partition coefficient (Wildman–Crippen LogP) is 2.22. The number of carboxylic acid groups (broad SMARTS) is 1. The maximum absolute atomic E-state index is 11.2. The molecule has 4 heteroatoms. The van der Waals surface area contributed by atoms with Crippen LogP contribution in [-0.4, -0.2) is 53.1 Å². The molecule has 0 amide bonds. The molecule has 0 aromatic heterocycles. The zero-order valence-corrected chi connectivity index (χ0v) is 12.9. The second-order valence-electron chi connectivity index (χ2n) is 6.30. The van der Waals surface area contributed by atoms with Crippen LogP contribution in [-0.2, 0) is 11.3 Å². The molecule has 2 aliphatic rings. The first-order valence-electron chi connectivity index (χ1n) is 8.12. The molecule has 1 N–H and O–H groups in total. The van der Waals surface area contributed by atoms with E-state index >= 15 is 0 Å². The van der Waals surface area contributed by atoms with Crippen molar-refractivity contribution < 1.29 is 9.90 Å². The van der Waals surface area contributed by atoms with Gasteiger partial charge in [-0.25, -0.2) is 0 Å². The summed E-state index contributed by atoms with van der Waals surface area (Å²) in [5, 5.41) is 9.20. The first-order chi connectivity index (χ1) is 10.7. The van der Waals surface area contributed by atoms with E-state index in [1.807, 2.05) is 6.08 Å². The Labute approximate surface area is 132 Å². The van der Waals surface area contributed by atoms with Crippen molar-refractivity contribution in [1.82, 2.24) is 9.80 Å². The molecule has 1 fully saturated rings. The number of carboxylic acids is 1. The highest BCUT2D eigenvalue weighted by Crippen LogP contribution is 2.24.